The summed E-state index contributed by atoms with van der Waals surface area (Å²) in [7, 11) is 2.06. The van der Waals surface area contributed by atoms with Crippen molar-refractivity contribution in [1.82, 2.24) is 15.2 Å². The highest BCUT2D eigenvalue weighted by Gasteiger charge is 2.20. The van der Waals surface area contributed by atoms with Gasteiger partial charge in [-0.2, -0.15) is 0 Å². The van der Waals surface area contributed by atoms with E-state index in [4.69, 9.17) is 23.2 Å². The first kappa shape index (κ1) is 22.0. The molecule has 1 aromatic heterocycles. The smallest absolute Gasteiger partial charge is 0.220 e. The lowest BCUT2D eigenvalue weighted by Gasteiger charge is -2.12. The van der Waals surface area contributed by atoms with Crippen LogP contribution in [0.4, 0.5) is 0 Å². The van der Waals surface area contributed by atoms with Gasteiger partial charge < -0.3 is 15.2 Å². The minimum absolute atomic E-state index is 0.150. The summed E-state index contributed by atoms with van der Waals surface area (Å²) >= 11 is 13.3. The quantitative estimate of drug-likeness (QED) is 0.347. The summed E-state index contributed by atoms with van der Waals surface area (Å²) in [5.41, 5.74) is 6.29. The Kier molecular flexibility index (Phi) is 6.15. The molecule has 4 aromatic rings. The normalized spacial score (nSPS) is 15.8. The molecule has 0 aliphatic carbocycles. The van der Waals surface area contributed by atoms with Crippen molar-refractivity contribution in [2.24, 2.45) is 7.05 Å². The van der Waals surface area contributed by atoms with Crippen LogP contribution >= 0.6 is 23.2 Å². The highest BCUT2D eigenvalue weighted by Crippen LogP contribution is 2.39. The van der Waals surface area contributed by atoms with Gasteiger partial charge in [0.05, 0.1) is 5.02 Å². The summed E-state index contributed by atoms with van der Waals surface area (Å²) in [4.78, 5) is 11.4. The Bertz CT molecular complexity index is 1340. The summed E-state index contributed by atoms with van der Waals surface area (Å²) in [6.45, 7) is 1.54. The topological polar surface area (TPSA) is 46.1 Å². The molecule has 1 aliphatic heterocycles. The summed E-state index contributed by atoms with van der Waals surface area (Å²) in [6, 6.07) is 20.5. The molecular weight excluding hydrogens is 453 g/mol. The molecule has 0 bridgehead atoms. The third-order valence-electron chi connectivity index (χ3n) is 6.34. The van der Waals surface area contributed by atoms with Crippen molar-refractivity contribution in [3.8, 4) is 22.3 Å². The SMILES string of the molecule is Cn1cc(CNC[C@@H]2CCC(=O)N2)c2ccc(-c3cccc(-c4ccccc4Cl)c3Cl)cc21. The molecule has 0 saturated carbocycles. The average molecular weight is 478 g/mol. The van der Waals surface area contributed by atoms with E-state index < -0.39 is 0 Å². The number of hydrogen-bond donors (Lipinski definition) is 2. The minimum atomic E-state index is 0.150. The number of hydrogen-bond acceptors (Lipinski definition) is 2. The zero-order valence-corrected chi connectivity index (χ0v) is 19.9. The number of rotatable bonds is 6. The van der Waals surface area contributed by atoms with Crippen molar-refractivity contribution in [3.63, 3.8) is 0 Å². The Hall–Kier alpha value is -2.79. The molecule has 1 aliphatic rings. The van der Waals surface area contributed by atoms with Crippen LogP contribution in [0.1, 0.15) is 18.4 Å². The number of halogens is 2. The number of nitrogens with one attached hydrogen (secondary N) is 2. The Morgan fingerprint density at radius 3 is 2.61 bits per heavy atom. The van der Waals surface area contributed by atoms with E-state index in [-0.39, 0.29) is 11.9 Å². The number of benzene rings is 3. The molecular formula is C27H25Cl2N3O. The zero-order chi connectivity index (χ0) is 22.9. The van der Waals surface area contributed by atoms with E-state index in [2.05, 4.69) is 46.6 Å². The van der Waals surface area contributed by atoms with E-state index in [1.54, 1.807) is 0 Å². The molecule has 0 radical (unpaired) electrons. The Labute approximate surface area is 203 Å². The maximum absolute atomic E-state index is 11.4. The van der Waals surface area contributed by atoms with Gasteiger partial charge in [-0.25, -0.2) is 0 Å². The van der Waals surface area contributed by atoms with Crippen molar-refractivity contribution >= 4 is 40.0 Å². The van der Waals surface area contributed by atoms with Gasteiger partial charge in [-0.15, -0.1) is 0 Å². The van der Waals surface area contributed by atoms with Gasteiger partial charge >= 0.3 is 0 Å². The fourth-order valence-corrected chi connectivity index (χ4v) is 5.20. The Morgan fingerprint density at radius 1 is 1.03 bits per heavy atom. The summed E-state index contributed by atoms with van der Waals surface area (Å²) in [5.74, 6) is 0.150. The van der Waals surface area contributed by atoms with Gasteiger partial charge in [0, 0.05) is 71.4 Å². The summed E-state index contributed by atoms with van der Waals surface area (Å²) in [5, 5.41) is 9.09. The monoisotopic (exact) mass is 477 g/mol. The molecule has 1 amide bonds. The summed E-state index contributed by atoms with van der Waals surface area (Å²) < 4.78 is 2.15. The largest absolute Gasteiger partial charge is 0.352 e. The lowest BCUT2D eigenvalue weighted by molar-refractivity contribution is -0.119. The van der Waals surface area contributed by atoms with Crippen LogP contribution in [0.5, 0.6) is 0 Å². The van der Waals surface area contributed by atoms with Gasteiger partial charge in [0.1, 0.15) is 0 Å². The van der Waals surface area contributed by atoms with E-state index in [1.165, 1.54) is 10.9 Å². The van der Waals surface area contributed by atoms with Crippen LogP contribution in [0.25, 0.3) is 33.2 Å². The lowest BCUT2D eigenvalue weighted by atomic mass is 9.98. The molecule has 1 fully saturated rings. The van der Waals surface area contributed by atoms with Crippen molar-refractivity contribution in [3.05, 3.63) is 82.5 Å². The standard InChI is InChI=1S/C27H25Cl2N3O/c1-32-16-18(14-30-15-19-10-12-26(33)31-19)20-11-9-17(13-25(20)32)21-6-4-7-23(27(21)29)22-5-2-3-8-24(22)28/h2-9,11,13,16,19,30H,10,12,14-15H2,1H3,(H,31,33)/t19-/m0/s1. The van der Waals surface area contributed by atoms with Crippen LogP contribution < -0.4 is 10.6 Å². The highest BCUT2D eigenvalue weighted by molar-refractivity contribution is 6.38. The fourth-order valence-electron chi connectivity index (χ4n) is 4.63. The van der Waals surface area contributed by atoms with E-state index in [1.807, 2.05) is 42.5 Å². The van der Waals surface area contributed by atoms with E-state index in [0.29, 0.717) is 16.5 Å². The number of carbonyl (C=O) groups excluding carboxylic acids is 1. The predicted molar refractivity (Wildman–Crippen MR) is 137 cm³/mol. The molecule has 2 N–H and O–H groups in total. The molecule has 6 heteroatoms. The van der Waals surface area contributed by atoms with Crippen LogP contribution in [0.3, 0.4) is 0 Å². The first-order valence-corrected chi connectivity index (χ1v) is 11.9. The number of aryl methyl sites for hydroxylation is 1. The van der Waals surface area contributed by atoms with E-state index in [0.717, 1.165) is 47.3 Å². The molecule has 33 heavy (non-hydrogen) atoms. The minimum Gasteiger partial charge on any atom is -0.352 e. The van der Waals surface area contributed by atoms with Gasteiger partial charge in [0.25, 0.3) is 0 Å². The number of amides is 1. The van der Waals surface area contributed by atoms with Crippen molar-refractivity contribution in [2.45, 2.75) is 25.4 Å². The second kappa shape index (κ2) is 9.22. The van der Waals surface area contributed by atoms with Crippen LogP contribution in [0.2, 0.25) is 10.0 Å². The van der Waals surface area contributed by atoms with Crippen molar-refractivity contribution < 1.29 is 4.79 Å². The molecule has 1 atom stereocenters. The van der Waals surface area contributed by atoms with Crippen LogP contribution in [0, 0.1) is 0 Å². The van der Waals surface area contributed by atoms with E-state index in [9.17, 15) is 4.79 Å². The number of nitrogens with zero attached hydrogens (tertiary/aromatic N) is 1. The third-order valence-corrected chi connectivity index (χ3v) is 7.07. The third kappa shape index (κ3) is 4.39. The molecule has 0 spiro atoms. The molecule has 3 aromatic carbocycles. The second-order valence-electron chi connectivity index (χ2n) is 8.58. The van der Waals surface area contributed by atoms with Gasteiger partial charge in [-0.05, 0) is 29.7 Å². The first-order valence-electron chi connectivity index (χ1n) is 11.1. The van der Waals surface area contributed by atoms with Gasteiger partial charge in [0.15, 0.2) is 0 Å². The molecule has 4 nitrogen and oxygen atoms in total. The fraction of sp³-hybridized carbons (Fsp3) is 0.222. The van der Waals surface area contributed by atoms with Crippen molar-refractivity contribution in [2.75, 3.05) is 6.54 Å². The van der Waals surface area contributed by atoms with Gasteiger partial charge in [-0.1, -0.05) is 71.7 Å². The zero-order valence-electron chi connectivity index (χ0n) is 18.4. The van der Waals surface area contributed by atoms with Crippen LogP contribution in [-0.2, 0) is 18.4 Å². The molecule has 168 valence electrons. The number of fused-ring (bicyclic) bond motifs is 1. The second-order valence-corrected chi connectivity index (χ2v) is 9.36. The lowest BCUT2D eigenvalue weighted by Crippen LogP contribution is -2.35. The first-order chi connectivity index (χ1) is 16.0. The number of carbonyl (C=O) groups is 1. The molecule has 1 saturated heterocycles. The Balaban J connectivity index is 1.42. The van der Waals surface area contributed by atoms with Gasteiger partial charge in [0.2, 0.25) is 5.91 Å². The van der Waals surface area contributed by atoms with Crippen molar-refractivity contribution in [1.29, 1.82) is 0 Å². The highest BCUT2D eigenvalue weighted by atomic mass is 35.5. The molecule has 2 heterocycles. The molecule has 5 rings (SSSR count). The average Bonchev–Trinajstić information content (AvgIpc) is 3.37. The predicted octanol–water partition coefficient (Wildman–Crippen LogP) is 6.19. The van der Waals surface area contributed by atoms with Gasteiger partial charge in [-0.3, -0.25) is 4.79 Å². The number of aromatic nitrogens is 1. The molecule has 0 unspecified atom stereocenters. The van der Waals surface area contributed by atoms with Crippen LogP contribution in [-0.4, -0.2) is 23.1 Å². The maximum atomic E-state index is 11.4. The van der Waals surface area contributed by atoms with E-state index >= 15 is 0 Å². The summed E-state index contributed by atoms with van der Waals surface area (Å²) in [6.07, 6.45) is 3.69. The Morgan fingerprint density at radius 2 is 1.82 bits per heavy atom. The maximum Gasteiger partial charge on any atom is 0.220 e. The van der Waals surface area contributed by atoms with Crippen LogP contribution in [0.15, 0.2) is 66.9 Å².